The first-order chi connectivity index (χ1) is 11.9. The van der Waals surface area contributed by atoms with Gasteiger partial charge < -0.3 is 19.3 Å². The van der Waals surface area contributed by atoms with E-state index in [-0.39, 0.29) is 25.4 Å². The summed E-state index contributed by atoms with van der Waals surface area (Å²) in [5.74, 6) is 0.253. The van der Waals surface area contributed by atoms with Gasteiger partial charge in [-0.25, -0.2) is 4.79 Å². The van der Waals surface area contributed by atoms with Gasteiger partial charge in [0.2, 0.25) is 5.91 Å². The van der Waals surface area contributed by atoms with Crippen LogP contribution in [0, 0.1) is 6.92 Å². The molecule has 1 aliphatic rings. The van der Waals surface area contributed by atoms with Gasteiger partial charge in [-0.3, -0.25) is 4.79 Å². The molecule has 3 rings (SSSR count). The second-order valence-corrected chi connectivity index (χ2v) is 6.15. The molecule has 2 heterocycles. The predicted octanol–water partition coefficient (Wildman–Crippen LogP) is 1.29. The Morgan fingerprint density at radius 1 is 1.40 bits per heavy atom. The highest BCUT2D eigenvalue weighted by Gasteiger charge is 2.36. The summed E-state index contributed by atoms with van der Waals surface area (Å²) in [6.07, 6.45) is -0.0558. The maximum atomic E-state index is 12.8. The first-order valence-corrected chi connectivity index (χ1v) is 8.02. The van der Waals surface area contributed by atoms with E-state index in [4.69, 9.17) is 16.3 Å². The van der Waals surface area contributed by atoms with Crippen molar-refractivity contribution in [2.24, 2.45) is 0 Å². The Hall–Kier alpha value is -2.61. The Balaban J connectivity index is 1.89. The average molecular weight is 365 g/mol. The number of fused-ring (bicyclic) bond motifs is 1. The molecule has 0 bridgehead atoms. The number of hydrogen-bond donors (Lipinski definition) is 1. The van der Waals surface area contributed by atoms with Gasteiger partial charge in [0.25, 0.3) is 0 Å². The van der Waals surface area contributed by atoms with Gasteiger partial charge in [-0.15, -0.1) is 10.2 Å². The molecule has 8 nitrogen and oxygen atoms in total. The number of aryl methyl sites for hydroxylation is 1. The zero-order chi connectivity index (χ0) is 18.1. The number of rotatable bonds is 4. The number of carbonyl (C=O) groups is 2. The zero-order valence-electron chi connectivity index (χ0n) is 13.8. The van der Waals surface area contributed by atoms with E-state index in [1.807, 2.05) is 0 Å². The first-order valence-electron chi connectivity index (χ1n) is 7.64. The zero-order valence-corrected chi connectivity index (χ0v) is 14.5. The second kappa shape index (κ2) is 6.72. The SMILES string of the molecule is COc1cccc(Cl)c1CC(=O)N1Cc2nnc(C)n2CC1C(=O)O. The van der Waals surface area contributed by atoms with Crippen molar-refractivity contribution >= 4 is 23.5 Å². The van der Waals surface area contributed by atoms with Crippen LogP contribution in [0.15, 0.2) is 18.2 Å². The molecule has 25 heavy (non-hydrogen) atoms. The third kappa shape index (κ3) is 3.17. The van der Waals surface area contributed by atoms with Crippen molar-refractivity contribution in [1.82, 2.24) is 19.7 Å². The highest BCUT2D eigenvalue weighted by Crippen LogP contribution is 2.28. The van der Waals surface area contributed by atoms with Gasteiger partial charge in [-0.2, -0.15) is 0 Å². The van der Waals surface area contributed by atoms with E-state index in [0.717, 1.165) is 0 Å². The number of carboxylic acids is 1. The predicted molar refractivity (Wildman–Crippen MR) is 88.4 cm³/mol. The molecule has 1 N–H and O–H groups in total. The summed E-state index contributed by atoms with van der Waals surface area (Å²) in [6, 6.07) is 4.11. The lowest BCUT2D eigenvalue weighted by Crippen LogP contribution is -2.51. The first kappa shape index (κ1) is 17.2. The second-order valence-electron chi connectivity index (χ2n) is 5.75. The number of halogens is 1. The standard InChI is InChI=1S/C16H17ClN4O4/c1-9-18-19-14-8-21(12(16(23)24)7-20(9)14)15(22)6-10-11(17)4-3-5-13(10)25-2/h3-5,12H,6-8H2,1-2H3,(H,23,24). The number of amides is 1. The molecule has 1 unspecified atom stereocenters. The maximum Gasteiger partial charge on any atom is 0.328 e. The molecule has 0 spiro atoms. The van der Waals surface area contributed by atoms with E-state index < -0.39 is 12.0 Å². The molecule has 1 aromatic carbocycles. The summed E-state index contributed by atoms with van der Waals surface area (Å²) in [4.78, 5) is 25.8. The Morgan fingerprint density at radius 3 is 2.84 bits per heavy atom. The lowest BCUT2D eigenvalue weighted by atomic mass is 10.1. The van der Waals surface area contributed by atoms with Crippen LogP contribution in [0.25, 0.3) is 0 Å². The molecule has 0 saturated carbocycles. The van der Waals surface area contributed by atoms with E-state index in [1.54, 1.807) is 29.7 Å². The number of hydrogen-bond acceptors (Lipinski definition) is 5. The molecule has 1 aliphatic heterocycles. The Labute approximate surface area is 149 Å². The van der Waals surface area contributed by atoms with Crippen molar-refractivity contribution in [2.75, 3.05) is 7.11 Å². The fraction of sp³-hybridized carbons (Fsp3) is 0.375. The van der Waals surface area contributed by atoms with E-state index in [2.05, 4.69) is 10.2 Å². The Morgan fingerprint density at radius 2 is 2.16 bits per heavy atom. The molecule has 0 fully saturated rings. The lowest BCUT2D eigenvalue weighted by molar-refractivity contribution is -0.152. The summed E-state index contributed by atoms with van der Waals surface area (Å²) in [5.41, 5.74) is 0.532. The van der Waals surface area contributed by atoms with Crippen molar-refractivity contribution in [3.8, 4) is 5.75 Å². The molecule has 132 valence electrons. The molecule has 0 saturated heterocycles. The quantitative estimate of drug-likeness (QED) is 0.877. The van der Waals surface area contributed by atoms with Crippen LogP contribution in [0.5, 0.6) is 5.75 Å². The number of ether oxygens (including phenoxy) is 1. The fourth-order valence-corrected chi connectivity index (χ4v) is 3.17. The molecular formula is C16H17ClN4O4. The number of aliphatic carboxylic acids is 1. The molecular weight excluding hydrogens is 348 g/mol. The van der Waals surface area contributed by atoms with Gasteiger partial charge in [-0.1, -0.05) is 17.7 Å². The highest BCUT2D eigenvalue weighted by molar-refractivity contribution is 6.31. The van der Waals surface area contributed by atoms with Gasteiger partial charge in [0.15, 0.2) is 5.82 Å². The Bertz CT molecular complexity index is 836. The van der Waals surface area contributed by atoms with Crippen molar-refractivity contribution in [3.05, 3.63) is 40.4 Å². The van der Waals surface area contributed by atoms with Crippen molar-refractivity contribution < 1.29 is 19.4 Å². The number of methoxy groups -OCH3 is 1. The van der Waals surface area contributed by atoms with E-state index >= 15 is 0 Å². The van der Waals surface area contributed by atoms with Crippen LogP contribution in [0.1, 0.15) is 17.2 Å². The summed E-state index contributed by atoms with van der Waals surface area (Å²) in [5, 5.41) is 17.9. The fourth-order valence-electron chi connectivity index (χ4n) is 2.94. The average Bonchev–Trinajstić information content (AvgIpc) is 2.95. The van der Waals surface area contributed by atoms with E-state index in [1.165, 1.54) is 12.0 Å². The van der Waals surface area contributed by atoms with Crippen molar-refractivity contribution in [3.63, 3.8) is 0 Å². The van der Waals surface area contributed by atoms with Gasteiger partial charge in [0.05, 0.1) is 26.6 Å². The molecule has 9 heteroatoms. The third-order valence-corrected chi connectivity index (χ3v) is 4.64. The molecule has 1 atom stereocenters. The van der Waals surface area contributed by atoms with E-state index in [0.29, 0.717) is 28.0 Å². The van der Waals surface area contributed by atoms with Crippen molar-refractivity contribution in [2.45, 2.75) is 32.5 Å². The minimum atomic E-state index is -1.07. The van der Waals surface area contributed by atoms with Crippen LogP contribution in [-0.4, -0.2) is 49.8 Å². The summed E-state index contributed by atoms with van der Waals surface area (Å²) in [6.45, 7) is 1.96. The van der Waals surface area contributed by atoms with Crippen LogP contribution in [0.2, 0.25) is 5.02 Å². The number of aromatic nitrogens is 3. The van der Waals surface area contributed by atoms with Crippen LogP contribution >= 0.6 is 11.6 Å². The lowest BCUT2D eigenvalue weighted by Gasteiger charge is -2.33. The molecule has 1 amide bonds. The molecule has 2 aromatic rings. The number of benzene rings is 1. The minimum Gasteiger partial charge on any atom is -0.496 e. The maximum absolute atomic E-state index is 12.8. The smallest absolute Gasteiger partial charge is 0.328 e. The van der Waals surface area contributed by atoms with Crippen molar-refractivity contribution in [1.29, 1.82) is 0 Å². The van der Waals surface area contributed by atoms with Crippen LogP contribution in [-0.2, 0) is 29.1 Å². The molecule has 0 aliphatic carbocycles. The minimum absolute atomic E-state index is 0.0558. The van der Waals surface area contributed by atoms with E-state index in [9.17, 15) is 14.7 Å². The number of carbonyl (C=O) groups excluding carboxylic acids is 1. The van der Waals surface area contributed by atoms with Crippen LogP contribution < -0.4 is 4.74 Å². The molecule has 0 radical (unpaired) electrons. The van der Waals surface area contributed by atoms with Gasteiger partial charge in [-0.05, 0) is 19.1 Å². The Kier molecular flexibility index (Phi) is 4.63. The van der Waals surface area contributed by atoms with Gasteiger partial charge in [0, 0.05) is 10.6 Å². The normalized spacial score (nSPS) is 16.4. The summed E-state index contributed by atoms with van der Waals surface area (Å²) >= 11 is 6.18. The van der Waals surface area contributed by atoms with Crippen LogP contribution in [0.3, 0.4) is 0 Å². The highest BCUT2D eigenvalue weighted by atomic mass is 35.5. The monoisotopic (exact) mass is 364 g/mol. The van der Waals surface area contributed by atoms with Gasteiger partial charge >= 0.3 is 5.97 Å². The number of nitrogens with zero attached hydrogens (tertiary/aromatic N) is 4. The summed E-state index contributed by atoms with van der Waals surface area (Å²) in [7, 11) is 1.49. The largest absolute Gasteiger partial charge is 0.496 e. The number of carboxylic acid groups (broad SMARTS) is 1. The topological polar surface area (TPSA) is 97.5 Å². The summed E-state index contributed by atoms with van der Waals surface area (Å²) < 4.78 is 6.97. The van der Waals surface area contributed by atoms with Gasteiger partial charge in [0.1, 0.15) is 17.6 Å². The molecule has 1 aromatic heterocycles. The third-order valence-electron chi connectivity index (χ3n) is 4.29. The van der Waals surface area contributed by atoms with Crippen LogP contribution in [0.4, 0.5) is 0 Å².